The summed E-state index contributed by atoms with van der Waals surface area (Å²) < 4.78 is 0. The molecule has 0 N–H and O–H groups in total. The lowest BCUT2D eigenvalue weighted by Gasteiger charge is -2.19. The van der Waals surface area contributed by atoms with E-state index in [1.807, 2.05) is 0 Å². The van der Waals surface area contributed by atoms with E-state index in [0.29, 0.717) is 0 Å². The first-order chi connectivity index (χ1) is 20.3. The third-order valence-corrected chi connectivity index (χ3v) is 8.57. The number of hydrogen-bond acceptors (Lipinski definition) is 0. The molecule has 8 aromatic rings. The van der Waals surface area contributed by atoms with E-state index in [4.69, 9.17) is 0 Å². The Hall–Kier alpha value is -5.20. The molecule has 0 aliphatic rings. The molecule has 0 heterocycles. The molecule has 192 valence electrons. The molecule has 0 amide bonds. The van der Waals surface area contributed by atoms with Crippen molar-refractivity contribution < 1.29 is 0 Å². The maximum atomic E-state index is 2.36. The lowest BCUT2D eigenvalue weighted by Crippen LogP contribution is -1.93. The van der Waals surface area contributed by atoms with Gasteiger partial charge < -0.3 is 0 Å². The van der Waals surface area contributed by atoms with Gasteiger partial charge in [-0.1, -0.05) is 146 Å². The van der Waals surface area contributed by atoms with Crippen LogP contribution in [0.4, 0.5) is 0 Å². The van der Waals surface area contributed by atoms with Gasteiger partial charge in [0, 0.05) is 0 Å². The molecular formula is C41H28. The van der Waals surface area contributed by atoms with Crippen LogP contribution in [0.3, 0.4) is 0 Å². The summed E-state index contributed by atoms with van der Waals surface area (Å²) in [5.74, 6) is 0. The fourth-order valence-electron chi connectivity index (χ4n) is 6.66. The zero-order chi connectivity index (χ0) is 27.3. The highest BCUT2D eigenvalue weighted by molar-refractivity contribution is 6.22. The average Bonchev–Trinajstić information content (AvgIpc) is 3.03. The van der Waals surface area contributed by atoms with Gasteiger partial charge in [-0.05, 0) is 95.0 Å². The minimum atomic E-state index is 1.25. The van der Waals surface area contributed by atoms with E-state index in [1.54, 1.807) is 0 Å². The molecule has 0 saturated heterocycles. The Labute approximate surface area is 240 Å². The van der Waals surface area contributed by atoms with Gasteiger partial charge in [0.1, 0.15) is 0 Å². The summed E-state index contributed by atoms with van der Waals surface area (Å²) in [6.07, 6.45) is 0. The number of fused-ring (bicyclic) bond motifs is 4. The Kier molecular flexibility index (Phi) is 5.47. The molecule has 0 atom stereocenters. The second-order valence-electron chi connectivity index (χ2n) is 11.0. The van der Waals surface area contributed by atoms with Gasteiger partial charge in [0.15, 0.2) is 0 Å². The zero-order valence-electron chi connectivity index (χ0n) is 22.9. The van der Waals surface area contributed by atoms with Crippen LogP contribution in [-0.2, 0) is 0 Å². The highest BCUT2D eigenvalue weighted by Crippen LogP contribution is 2.45. The summed E-state index contributed by atoms with van der Waals surface area (Å²) >= 11 is 0. The quantitative estimate of drug-likeness (QED) is 0.203. The van der Waals surface area contributed by atoms with Gasteiger partial charge in [-0.15, -0.1) is 0 Å². The van der Waals surface area contributed by atoms with Crippen molar-refractivity contribution >= 4 is 43.1 Å². The van der Waals surface area contributed by atoms with Crippen molar-refractivity contribution in [2.75, 3.05) is 0 Å². The number of hydrogen-bond donors (Lipinski definition) is 0. The lowest BCUT2D eigenvalue weighted by atomic mass is 9.84. The van der Waals surface area contributed by atoms with Gasteiger partial charge in [0.05, 0.1) is 0 Å². The number of rotatable bonds is 3. The van der Waals surface area contributed by atoms with E-state index >= 15 is 0 Å². The van der Waals surface area contributed by atoms with E-state index in [1.165, 1.54) is 82.0 Å². The minimum Gasteiger partial charge on any atom is -0.0616 e. The molecule has 0 bridgehead atoms. The summed E-state index contributed by atoms with van der Waals surface area (Å²) in [6, 6.07) is 55.5. The van der Waals surface area contributed by atoms with Crippen LogP contribution in [0.2, 0.25) is 0 Å². The van der Waals surface area contributed by atoms with E-state index in [-0.39, 0.29) is 0 Å². The maximum Gasteiger partial charge on any atom is -0.00237 e. The summed E-state index contributed by atoms with van der Waals surface area (Å²) in [5.41, 5.74) is 8.96. The largest absolute Gasteiger partial charge is 0.0616 e. The molecule has 0 aromatic heterocycles. The predicted octanol–water partition coefficient (Wildman–Crippen LogP) is 11.6. The molecule has 0 aliphatic carbocycles. The summed E-state index contributed by atoms with van der Waals surface area (Å²) in [4.78, 5) is 0. The number of aryl methyl sites for hydroxylation is 1. The van der Waals surface area contributed by atoms with E-state index in [0.717, 1.165) is 0 Å². The maximum absolute atomic E-state index is 2.36. The molecule has 0 fully saturated rings. The Bertz CT molecular complexity index is 2210. The molecule has 0 spiro atoms. The van der Waals surface area contributed by atoms with Crippen molar-refractivity contribution in [1.29, 1.82) is 0 Å². The van der Waals surface area contributed by atoms with Crippen LogP contribution in [0, 0.1) is 6.92 Å². The van der Waals surface area contributed by atoms with E-state index in [2.05, 4.69) is 159 Å². The first-order valence-electron chi connectivity index (χ1n) is 14.3. The zero-order valence-corrected chi connectivity index (χ0v) is 22.9. The third kappa shape index (κ3) is 3.84. The van der Waals surface area contributed by atoms with Crippen LogP contribution in [0.1, 0.15) is 5.56 Å². The predicted molar refractivity (Wildman–Crippen MR) is 178 cm³/mol. The SMILES string of the molecule is Cc1cc(-c2cccc3ccccc23)ccc1-c1c2ccccc2c(-c2ccc3ccccc3c2)c2ccccc12. The topological polar surface area (TPSA) is 0 Å². The fourth-order valence-corrected chi connectivity index (χ4v) is 6.66. The molecule has 8 rings (SSSR count). The molecule has 0 aliphatic heterocycles. The number of benzene rings is 8. The van der Waals surface area contributed by atoms with Crippen LogP contribution in [0.25, 0.3) is 76.5 Å². The van der Waals surface area contributed by atoms with Crippen molar-refractivity contribution in [1.82, 2.24) is 0 Å². The van der Waals surface area contributed by atoms with Crippen molar-refractivity contribution in [3.8, 4) is 33.4 Å². The van der Waals surface area contributed by atoms with Gasteiger partial charge >= 0.3 is 0 Å². The second kappa shape index (κ2) is 9.47. The van der Waals surface area contributed by atoms with E-state index < -0.39 is 0 Å². The highest BCUT2D eigenvalue weighted by Gasteiger charge is 2.18. The first-order valence-corrected chi connectivity index (χ1v) is 14.3. The van der Waals surface area contributed by atoms with Crippen molar-refractivity contribution in [2.24, 2.45) is 0 Å². The Balaban J connectivity index is 1.39. The summed E-state index contributed by atoms with van der Waals surface area (Å²) in [7, 11) is 0. The standard InChI is InChI=1S/C41H28/c1-27-25-31(35-20-10-14-29-12-4-5-15-34(29)35)23-24-33(27)41-38-18-8-6-16-36(38)40(37-17-7-9-19-39(37)41)32-22-21-28-11-2-3-13-30(28)26-32/h2-26H,1H3. The van der Waals surface area contributed by atoms with Crippen LogP contribution >= 0.6 is 0 Å². The second-order valence-corrected chi connectivity index (χ2v) is 11.0. The van der Waals surface area contributed by atoms with Gasteiger partial charge in [-0.3, -0.25) is 0 Å². The van der Waals surface area contributed by atoms with Gasteiger partial charge in [0.25, 0.3) is 0 Å². The van der Waals surface area contributed by atoms with E-state index in [9.17, 15) is 0 Å². The summed E-state index contributed by atoms with van der Waals surface area (Å²) in [6.45, 7) is 2.25. The molecular weight excluding hydrogens is 492 g/mol. The van der Waals surface area contributed by atoms with Crippen molar-refractivity contribution in [3.05, 3.63) is 157 Å². The Morgan fingerprint density at radius 1 is 0.317 bits per heavy atom. The van der Waals surface area contributed by atoms with Crippen LogP contribution in [0.5, 0.6) is 0 Å². The van der Waals surface area contributed by atoms with Crippen LogP contribution < -0.4 is 0 Å². The summed E-state index contributed by atoms with van der Waals surface area (Å²) in [5, 5.41) is 10.2. The molecule has 0 saturated carbocycles. The highest BCUT2D eigenvalue weighted by atomic mass is 14.2. The van der Waals surface area contributed by atoms with Crippen LogP contribution in [-0.4, -0.2) is 0 Å². The first kappa shape index (κ1) is 23.7. The smallest absolute Gasteiger partial charge is 0.00237 e. The van der Waals surface area contributed by atoms with Crippen molar-refractivity contribution in [2.45, 2.75) is 6.92 Å². The fraction of sp³-hybridized carbons (Fsp3) is 0.0244. The monoisotopic (exact) mass is 520 g/mol. The van der Waals surface area contributed by atoms with Crippen LogP contribution in [0.15, 0.2) is 152 Å². The van der Waals surface area contributed by atoms with Gasteiger partial charge in [-0.25, -0.2) is 0 Å². The Morgan fingerprint density at radius 2 is 0.854 bits per heavy atom. The molecule has 8 aromatic carbocycles. The third-order valence-electron chi connectivity index (χ3n) is 8.57. The van der Waals surface area contributed by atoms with Gasteiger partial charge in [-0.2, -0.15) is 0 Å². The Morgan fingerprint density at radius 3 is 1.54 bits per heavy atom. The lowest BCUT2D eigenvalue weighted by molar-refractivity contribution is 1.47. The molecule has 0 nitrogen and oxygen atoms in total. The average molecular weight is 521 g/mol. The molecule has 0 radical (unpaired) electrons. The minimum absolute atomic E-state index is 1.25. The van der Waals surface area contributed by atoms with Gasteiger partial charge in [0.2, 0.25) is 0 Å². The normalized spacial score (nSPS) is 11.5. The van der Waals surface area contributed by atoms with Crippen molar-refractivity contribution in [3.63, 3.8) is 0 Å². The molecule has 0 heteroatoms. The molecule has 41 heavy (non-hydrogen) atoms. The molecule has 0 unspecified atom stereocenters.